The van der Waals surface area contributed by atoms with Gasteiger partial charge < -0.3 is 14.0 Å². The highest BCUT2D eigenvalue weighted by Crippen LogP contribution is 2.28. The summed E-state index contributed by atoms with van der Waals surface area (Å²) in [4.78, 5) is 0. The third-order valence-corrected chi connectivity index (χ3v) is 2.63. The van der Waals surface area contributed by atoms with Gasteiger partial charge in [0, 0.05) is 18.2 Å². The Morgan fingerprint density at radius 3 is 2.47 bits per heavy atom. The first kappa shape index (κ1) is 11.7. The van der Waals surface area contributed by atoms with Crippen molar-refractivity contribution in [1.82, 2.24) is 5.16 Å². The minimum atomic E-state index is 0.497. The number of aryl methyl sites for hydroxylation is 1. The molecule has 4 nitrogen and oxygen atoms in total. The molecule has 0 saturated heterocycles. The summed E-state index contributed by atoms with van der Waals surface area (Å²) >= 11 is 0. The van der Waals surface area contributed by atoms with E-state index in [1.165, 1.54) is 0 Å². The maximum atomic E-state index is 5.34. The molecule has 1 aromatic carbocycles. The van der Waals surface area contributed by atoms with Crippen LogP contribution in [0.25, 0.3) is 11.3 Å². The maximum Gasteiger partial charge on any atom is 0.172 e. The number of aromatic nitrogens is 1. The lowest BCUT2D eigenvalue weighted by Gasteiger charge is -2.03. The third kappa shape index (κ3) is 2.31. The Bertz CT molecular complexity index is 488. The quantitative estimate of drug-likeness (QED) is 0.814. The number of benzene rings is 1. The van der Waals surface area contributed by atoms with E-state index in [0.29, 0.717) is 6.61 Å². The molecule has 2 rings (SSSR count). The maximum absolute atomic E-state index is 5.34. The van der Waals surface area contributed by atoms with Gasteiger partial charge in [0.2, 0.25) is 0 Å². The Hall–Kier alpha value is -1.81. The zero-order valence-electron chi connectivity index (χ0n) is 10.2. The molecular weight excluding hydrogens is 218 g/mol. The highest BCUT2D eigenvalue weighted by atomic mass is 16.5. The summed E-state index contributed by atoms with van der Waals surface area (Å²) in [7, 11) is 3.30. The van der Waals surface area contributed by atoms with Crippen LogP contribution in [0, 0.1) is 6.92 Å². The van der Waals surface area contributed by atoms with E-state index in [9.17, 15) is 0 Å². The summed E-state index contributed by atoms with van der Waals surface area (Å²) in [6, 6.07) is 7.67. The van der Waals surface area contributed by atoms with Gasteiger partial charge in [-0.3, -0.25) is 0 Å². The summed E-state index contributed by atoms with van der Waals surface area (Å²) in [6.07, 6.45) is 0. The van der Waals surface area contributed by atoms with Crippen molar-refractivity contribution in [2.45, 2.75) is 13.5 Å². The molecule has 0 aliphatic rings. The van der Waals surface area contributed by atoms with E-state index in [4.69, 9.17) is 14.0 Å². The number of hydrogen-bond acceptors (Lipinski definition) is 4. The van der Waals surface area contributed by atoms with Crippen LogP contribution in [0.5, 0.6) is 5.75 Å². The predicted octanol–water partition coefficient (Wildman–Crippen LogP) is 2.81. The Balaban J connectivity index is 2.38. The molecule has 0 saturated carbocycles. The van der Waals surface area contributed by atoms with Gasteiger partial charge in [0.25, 0.3) is 0 Å². The van der Waals surface area contributed by atoms with Crippen LogP contribution >= 0.6 is 0 Å². The number of hydrogen-bond donors (Lipinski definition) is 0. The Morgan fingerprint density at radius 2 is 1.88 bits per heavy atom. The van der Waals surface area contributed by atoms with Gasteiger partial charge in [0.05, 0.1) is 19.4 Å². The van der Waals surface area contributed by atoms with Gasteiger partial charge >= 0.3 is 0 Å². The minimum absolute atomic E-state index is 0.497. The van der Waals surface area contributed by atoms with E-state index in [0.717, 1.165) is 28.3 Å². The second kappa shape index (κ2) is 5.01. The van der Waals surface area contributed by atoms with E-state index in [1.54, 1.807) is 14.2 Å². The minimum Gasteiger partial charge on any atom is -0.497 e. The van der Waals surface area contributed by atoms with E-state index >= 15 is 0 Å². The van der Waals surface area contributed by atoms with Crippen molar-refractivity contribution in [3.63, 3.8) is 0 Å². The van der Waals surface area contributed by atoms with Gasteiger partial charge in [-0.05, 0) is 31.2 Å². The van der Waals surface area contributed by atoms with Crippen LogP contribution < -0.4 is 4.74 Å². The fraction of sp³-hybridized carbons (Fsp3) is 0.308. The molecule has 0 N–H and O–H groups in total. The van der Waals surface area contributed by atoms with E-state index < -0.39 is 0 Å². The van der Waals surface area contributed by atoms with Crippen LogP contribution in [-0.2, 0) is 11.3 Å². The fourth-order valence-corrected chi connectivity index (χ4v) is 1.67. The van der Waals surface area contributed by atoms with Crippen molar-refractivity contribution < 1.29 is 14.0 Å². The molecule has 0 aliphatic heterocycles. The molecule has 0 aliphatic carbocycles. The smallest absolute Gasteiger partial charge is 0.172 e. The van der Waals surface area contributed by atoms with E-state index in [1.807, 2.05) is 31.2 Å². The normalized spacial score (nSPS) is 10.5. The first-order valence-corrected chi connectivity index (χ1v) is 5.34. The highest BCUT2D eigenvalue weighted by Gasteiger charge is 2.14. The van der Waals surface area contributed by atoms with Crippen molar-refractivity contribution in [2.75, 3.05) is 14.2 Å². The van der Waals surface area contributed by atoms with Gasteiger partial charge in [-0.1, -0.05) is 5.16 Å². The van der Waals surface area contributed by atoms with E-state index in [2.05, 4.69) is 5.16 Å². The van der Waals surface area contributed by atoms with Crippen LogP contribution in [0.15, 0.2) is 28.8 Å². The molecule has 1 heterocycles. The summed E-state index contributed by atoms with van der Waals surface area (Å²) in [5.74, 6) is 1.57. The number of nitrogens with zero attached hydrogens (tertiary/aromatic N) is 1. The molecule has 0 spiro atoms. The average Bonchev–Trinajstić information content (AvgIpc) is 2.72. The molecule has 1 aromatic heterocycles. The lowest BCUT2D eigenvalue weighted by molar-refractivity contribution is 0.184. The van der Waals surface area contributed by atoms with Gasteiger partial charge in [-0.15, -0.1) is 0 Å². The zero-order valence-corrected chi connectivity index (χ0v) is 10.2. The fourth-order valence-electron chi connectivity index (χ4n) is 1.67. The second-order valence-electron chi connectivity index (χ2n) is 3.74. The highest BCUT2D eigenvalue weighted by molar-refractivity contribution is 5.62. The Morgan fingerprint density at radius 1 is 1.18 bits per heavy atom. The summed E-state index contributed by atoms with van der Waals surface area (Å²) in [5, 5.41) is 3.97. The number of ether oxygens (including phenoxy) is 2. The predicted molar refractivity (Wildman–Crippen MR) is 63.9 cm³/mol. The van der Waals surface area contributed by atoms with Gasteiger partial charge in [0.15, 0.2) is 5.76 Å². The van der Waals surface area contributed by atoms with E-state index in [-0.39, 0.29) is 0 Å². The lowest BCUT2D eigenvalue weighted by atomic mass is 10.1. The van der Waals surface area contributed by atoms with Crippen LogP contribution in [0.2, 0.25) is 0 Å². The monoisotopic (exact) mass is 233 g/mol. The molecular formula is C13H15NO3. The summed E-state index contributed by atoms with van der Waals surface area (Å²) in [5.41, 5.74) is 2.81. The number of rotatable bonds is 4. The standard InChI is InChI=1S/C13H15NO3/c1-9-12(8-15-2)13(17-14-9)10-4-6-11(16-3)7-5-10/h4-7H,8H2,1-3H3. The molecule has 0 bridgehead atoms. The summed E-state index contributed by atoms with van der Waals surface area (Å²) in [6.45, 7) is 2.40. The summed E-state index contributed by atoms with van der Waals surface area (Å²) < 4.78 is 15.6. The first-order valence-electron chi connectivity index (χ1n) is 5.34. The third-order valence-electron chi connectivity index (χ3n) is 2.63. The molecule has 0 atom stereocenters. The van der Waals surface area contributed by atoms with Gasteiger partial charge in [-0.25, -0.2) is 0 Å². The lowest BCUT2D eigenvalue weighted by Crippen LogP contribution is -1.91. The van der Waals surface area contributed by atoms with Crippen molar-refractivity contribution in [3.8, 4) is 17.1 Å². The van der Waals surface area contributed by atoms with Crippen LogP contribution in [0.1, 0.15) is 11.3 Å². The molecule has 4 heteroatoms. The SMILES string of the molecule is COCc1c(C)noc1-c1ccc(OC)cc1. The largest absolute Gasteiger partial charge is 0.497 e. The molecule has 0 amide bonds. The first-order chi connectivity index (χ1) is 8.26. The number of methoxy groups -OCH3 is 2. The Labute approximate surface area is 100 Å². The van der Waals surface area contributed by atoms with Crippen LogP contribution in [0.3, 0.4) is 0 Å². The van der Waals surface area contributed by atoms with Gasteiger partial charge in [0.1, 0.15) is 5.75 Å². The molecule has 90 valence electrons. The van der Waals surface area contributed by atoms with Gasteiger partial charge in [-0.2, -0.15) is 0 Å². The topological polar surface area (TPSA) is 44.5 Å². The average molecular weight is 233 g/mol. The molecule has 0 unspecified atom stereocenters. The molecule has 0 fully saturated rings. The van der Waals surface area contributed by atoms with Crippen molar-refractivity contribution in [3.05, 3.63) is 35.5 Å². The zero-order chi connectivity index (χ0) is 12.3. The molecule has 0 radical (unpaired) electrons. The molecule has 17 heavy (non-hydrogen) atoms. The van der Waals surface area contributed by atoms with Crippen LogP contribution in [-0.4, -0.2) is 19.4 Å². The van der Waals surface area contributed by atoms with Crippen LogP contribution in [0.4, 0.5) is 0 Å². The Kier molecular flexibility index (Phi) is 3.44. The molecule has 2 aromatic rings. The van der Waals surface area contributed by atoms with Crippen molar-refractivity contribution in [1.29, 1.82) is 0 Å². The van der Waals surface area contributed by atoms with Crippen molar-refractivity contribution in [2.24, 2.45) is 0 Å². The van der Waals surface area contributed by atoms with Crippen molar-refractivity contribution >= 4 is 0 Å². The second-order valence-corrected chi connectivity index (χ2v) is 3.74.